The van der Waals surface area contributed by atoms with E-state index in [4.69, 9.17) is 13.3 Å². The van der Waals surface area contributed by atoms with Crippen molar-refractivity contribution in [2.75, 3.05) is 19.8 Å². The summed E-state index contributed by atoms with van der Waals surface area (Å²) in [5.74, 6) is 0. The van der Waals surface area contributed by atoms with Crippen molar-refractivity contribution in [3.63, 3.8) is 0 Å². The van der Waals surface area contributed by atoms with Gasteiger partial charge in [-0.25, -0.2) is 0 Å². The minimum Gasteiger partial charge on any atom is -0.374 e. The molecule has 0 aliphatic rings. The lowest BCUT2D eigenvalue weighted by molar-refractivity contribution is 0.0703. The maximum absolute atomic E-state index is 5.89. The highest BCUT2D eigenvalue weighted by atomic mass is 28.4. The number of hydrogen-bond acceptors (Lipinski definition) is 3. The van der Waals surface area contributed by atoms with E-state index in [2.05, 4.69) is 32.0 Å². The molecule has 0 heterocycles. The zero-order valence-corrected chi connectivity index (χ0v) is 13.8. The molecule has 4 heteroatoms. The molecule has 0 saturated heterocycles. The first kappa shape index (κ1) is 16.4. The molecule has 0 amide bonds. The molecule has 1 aromatic rings. The van der Waals surface area contributed by atoms with E-state index in [0.29, 0.717) is 19.8 Å². The summed E-state index contributed by atoms with van der Waals surface area (Å²) in [4.78, 5) is 0. The van der Waals surface area contributed by atoms with E-state index in [1.54, 1.807) is 0 Å². The molecular formula is C15H26O3Si. The highest BCUT2D eigenvalue weighted by Gasteiger charge is 2.40. The second kappa shape index (κ2) is 7.80. The van der Waals surface area contributed by atoms with Crippen LogP contribution in [-0.2, 0) is 19.3 Å². The van der Waals surface area contributed by atoms with Crippen LogP contribution in [0.15, 0.2) is 18.2 Å². The van der Waals surface area contributed by atoms with Crippen molar-refractivity contribution in [1.82, 2.24) is 0 Å². The largest absolute Gasteiger partial charge is 0.505 e. The van der Waals surface area contributed by atoms with Gasteiger partial charge in [-0.15, -0.1) is 0 Å². The first-order valence-electron chi connectivity index (χ1n) is 7.04. The smallest absolute Gasteiger partial charge is 0.374 e. The third-order valence-electron chi connectivity index (χ3n) is 3.00. The van der Waals surface area contributed by atoms with Crippen molar-refractivity contribution in [2.24, 2.45) is 0 Å². The molecule has 0 saturated carbocycles. The Morgan fingerprint density at radius 2 is 1.42 bits per heavy atom. The summed E-state index contributed by atoms with van der Waals surface area (Å²) in [6, 6.07) is 7.22. The lowest BCUT2D eigenvalue weighted by atomic mass is 10.1. The number of rotatable bonds is 8. The highest BCUT2D eigenvalue weighted by molar-refractivity contribution is 6.60. The second-order valence-electron chi connectivity index (χ2n) is 4.59. The number of benzene rings is 1. The predicted molar refractivity (Wildman–Crippen MR) is 80.3 cm³/mol. The maximum Gasteiger partial charge on any atom is 0.505 e. The zero-order valence-electron chi connectivity index (χ0n) is 12.8. The van der Waals surface area contributed by atoms with Crippen molar-refractivity contribution in [3.05, 3.63) is 34.9 Å². The molecule has 0 N–H and O–H groups in total. The van der Waals surface area contributed by atoms with Crippen molar-refractivity contribution < 1.29 is 13.3 Å². The van der Waals surface area contributed by atoms with Crippen LogP contribution in [0.25, 0.3) is 0 Å². The summed E-state index contributed by atoms with van der Waals surface area (Å²) in [6.45, 7) is 12.1. The van der Waals surface area contributed by atoms with Gasteiger partial charge in [-0.05, 0) is 45.7 Å². The fraction of sp³-hybridized carbons (Fsp3) is 0.600. The fourth-order valence-electron chi connectivity index (χ4n) is 2.22. The Labute approximate surface area is 118 Å². The van der Waals surface area contributed by atoms with Crippen LogP contribution in [0, 0.1) is 13.8 Å². The van der Waals surface area contributed by atoms with E-state index < -0.39 is 8.80 Å². The monoisotopic (exact) mass is 282 g/mol. The van der Waals surface area contributed by atoms with Crippen molar-refractivity contribution in [3.8, 4) is 0 Å². The maximum atomic E-state index is 5.89. The average molecular weight is 282 g/mol. The van der Waals surface area contributed by atoms with Gasteiger partial charge in [0.25, 0.3) is 0 Å². The van der Waals surface area contributed by atoms with E-state index in [9.17, 15) is 0 Å². The molecule has 0 spiro atoms. The van der Waals surface area contributed by atoms with Crippen molar-refractivity contribution in [2.45, 2.75) is 40.7 Å². The number of hydrogen-bond donors (Lipinski definition) is 0. The quantitative estimate of drug-likeness (QED) is 0.684. The molecule has 0 aliphatic carbocycles. The van der Waals surface area contributed by atoms with Gasteiger partial charge in [0, 0.05) is 25.9 Å². The summed E-state index contributed by atoms with van der Waals surface area (Å²) >= 11 is 0. The Hall–Kier alpha value is -0.683. The van der Waals surface area contributed by atoms with E-state index in [1.807, 2.05) is 20.8 Å². The van der Waals surface area contributed by atoms with Gasteiger partial charge in [0.05, 0.1) is 0 Å². The standard InChI is InChI=1S/C15H26O3Si/c1-6-16-19(17-7-2,18-8-3)12-15-10-9-13(4)11-14(15)5/h9-11H,6-8,12H2,1-5H3. The van der Waals surface area contributed by atoms with Crippen LogP contribution in [-0.4, -0.2) is 28.6 Å². The summed E-state index contributed by atoms with van der Waals surface area (Å²) in [5.41, 5.74) is 3.81. The molecule has 0 unspecified atom stereocenters. The van der Waals surface area contributed by atoms with E-state index in [1.165, 1.54) is 16.7 Å². The lowest BCUT2D eigenvalue weighted by Crippen LogP contribution is -2.48. The van der Waals surface area contributed by atoms with Gasteiger partial charge in [-0.3, -0.25) is 0 Å². The van der Waals surface area contributed by atoms with Crippen LogP contribution < -0.4 is 0 Å². The molecule has 0 radical (unpaired) electrons. The zero-order chi connectivity index (χ0) is 14.3. The molecule has 108 valence electrons. The predicted octanol–water partition coefficient (Wildman–Crippen LogP) is 3.43. The molecule has 1 rings (SSSR count). The lowest BCUT2D eigenvalue weighted by Gasteiger charge is -2.29. The third kappa shape index (κ3) is 4.73. The van der Waals surface area contributed by atoms with Gasteiger partial charge in [0.2, 0.25) is 0 Å². The van der Waals surface area contributed by atoms with Crippen LogP contribution in [0.2, 0.25) is 0 Å². The van der Waals surface area contributed by atoms with Gasteiger partial charge in [0.1, 0.15) is 0 Å². The SMILES string of the molecule is CCO[Si](Cc1ccc(C)cc1C)(OCC)OCC. The Morgan fingerprint density at radius 3 is 1.84 bits per heavy atom. The Kier molecular flexibility index (Phi) is 6.72. The molecular weight excluding hydrogens is 256 g/mol. The molecule has 0 aliphatic heterocycles. The van der Waals surface area contributed by atoms with Gasteiger partial charge < -0.3 is 13.3 Å². The highest BCUT2D eigenvalue weighted by Crippen LogP contribution is 2.20. The average Bonchev–Trinajstić information content (AvgIpc) is 2.34. The minimum atomic E-state index is -2.59. The first-order valence-corrected chi connectivity index (χ1v) is 8.98. The Morgan fingerprint density at radius 1 is 0.895 bits per heavy atom. The first-order chi connectivity index (χ1) is 9.06. The normalized spacial score (nSPS) is 11.8. The van der Waals surface area contributed by atoms with Gasteiger partial charge >= 0.3 is 8.80 Å². The summed E-state index contributed by atoms with van der Waals surface area (Å²) < 4.78 is 17.7. The van der Waals surface area contributed by atoms with E-state index >= 15 is 0 Å². The van der Waals surface area contributed by atoms with Crippen LogP contribution in [0.4, 0.5) is 0 Å². The van der Waals surface area contributed by atoms with Gasteiger partial charge in [-0.2, -0.15) is 0 Å². The van der Waals surface area contributed by atoms with E-state index in [0.717, 1.165) is 6.04 Å². The fourth-order valence-corrected chi connectivity index (χ4v) is 4.95. The molecule has 1 aromatic carbocycles. The Balaban J connectivity index is 2.97. The van der Waals surface area contributed by atoms with Crippen LogP contribution >= 0.6 is 0 Å². The molecule has 3 nitrogen and oxygen atoms in total. The molecule has 19 heavy (non-hydrogen) atoms. The van der Waals surface area contributed by atoms with Crippen LogP contribution in [0.5, 0.6) is 0 Å². The molecule has 0 aromatic heterocycles. The van der Waals surface area contributed by atoms with Crippen LogP contribution in [0.1, 0.15) is 37.5 Å². The van der Waals surface area contributed by atoms with Crippen molar-refractivity contribution in [1.29, 1.82) is 0 Å². The third-order valence-corrected chi connectivity index (χ3v) is 6.00. The van der Waals surface area contributed by atoms with Gasteiger partial charge in [0.15, 0.2) is 0 Å². The molecule has 0 atom stereocenters. The minimum absolute atomic E-state index is 0.622. The molecule has 0 fully saturated rings. The summed E-state index contributed by atoms with van der Waals surface area (Å²) in [7, 11) is -2.59. The summed E-state index contributed by atoms with van der Waals surface area (Å²) in [6.07, 6.45) is 0. The second-order valence-corrected chi connectivity index (χ2v) is 7.17. The van der Waals surface area contributed by atoms with Gasteiger partial charge in [-0.1, -0.05) is 23.8 Å². The van der Waals surface area contributed by atoms with Crippen molar-refractivity contribution >= 4 is 8.80 Å². The van der Waals surface area contributed by atoms with Crippen LogP contribution in [0.3, 0.4) is 0 Å². The Bertz CT molecular complexity index is 376. The topological polar surface area (TPSA) is 27.7 Å². The summed E-state index contributed by atoms with van der Waals surface area (Å²) in [5, 5.41) is 0. The molecule has 0 bridgehead atoms. The van der Waals surface area contributed by atoms with E-state index in [-0.39, 0.29) is 0 Å². The number of aryl methyl sites for hydroxylation is 2.